The van der Waals surface area contributed by atoms with Crippen LogP contribution in [-0.4, -0.2) is 0 Å². The third-order valence-electron chi connectivity index (χ3n) is 5.72. The number of fused-ring (bicyclic) bond motifs is 1. The quantitative estimate of drug-likeness (QED) is 0.120. The highest BCUT2D eigenvalue weighted by atomic mass is 19.2. The monoisotopic (exact) mass is 458 g/mol. The molecule has 0 radical (unpaired) electrons. The van der Waals surface area contributed by atoms with Crippen molar-refractivity contribution in [2.45, 2.75) is 25.7 Å². The van der Waals surface area contributed by atoms with Gasteiger partial charge in [0.25, 0.3) is 0 Å². The third-order valence-corrected chi connectivity index (χ3v) is 5.72. The van der Waals surface area contributed by atoms with Crippen LogP contribution in [0.5, 0.6) is 0 Å². The van der Waals surface area contributed by atoms with Crippen LogP contribution in [0.15, 0.2) is 79.4 Å². The standard InChI is InChI=1S/C30H22F4/c1-2-3-4-22-12-15-24(27(31)18-22)14-11-21-7-5-20(6-8-21)9-10-23-13-16-26-25(17-23)19-28(32)30(34)29(26)33/h2,5-8,12-13,15-19H,1,3-4,11,14H2. The van der Waals surface area contributed by atoms with Crippen molar-refractivity contribution in [3.63, 3.8) is 0 Å². The molecular formula is C30H22F4. The van der Waals surface area contributed by atoms with Crippen LogP contribution in [0, 0.1) is 35.1 Å². The van der Waals surface area contributed by atoms with Crippen LogP contribution in [0.1, 0.15) is 34.2 Å². The molecule has 0 aliphatic carbocycles. The highest BCUT2D eigenvalue weighted by Gasteiger charge is 2.13. The minimum Gasteiger partial charge on any atom is -0.207 e. The van der Waals surface area contributed by atoms with Gasteiger partial charge in [-0.1, -0.05) is 48.2 Å². The molecule has 0 fully saturated rings. The predicted octanol–water partition coefficient (Wildman–Crippen LogP) is 7.70. The zero-order chi connectivity index (χ0) is 24.1. The summed E-state index contributed by atoms with van der Waals surface area (Å²) in [7, 11) is 0. The van der Waals surface area contributed by atoms with E-state index in [1.54, 1.807) is 12.1 Å². The molecule has 0 bridgehead atoms. The van der Waals surface area contributed by atoms with Crippen molar-refractivity contribution in [1.82, 2.24) is 0 Å². The van der Waals surface area contributed by atoms with Gasteiger partial charge in [-0.2, -0.15) is 0 Å². The van der Waals surface area contributed by atoms with Crippen LogP contribution in [0.4, 0.5) is 17.6 Å². The van der Waals surface area contributed by atoms with Gasteiger partial charge in [-0.3, -0.25) is 0 Å². The first-order chi connectivity index (χ1) is 16.4. The average Bonchev–Trinajstić information content (AvgIpc) is 2.85. The molecule has 0 amide bonds. The largest absolute Gasteiger partial charge is 0.207 e. The van der Waals surface area contributed by atoms with Crippen molar-refractivity contribution < 1.29 is 17.6 Å². The first-order valence-corrected chi connectivity index (χ1v) is 11.0. The Bertz CT molecular complexity index is 1410. The summed E-state index contributed by atoms with van der Waals surface area (Å²) >= 11 is 0. The molecule has 0 N–H and O–H groups in total. The van der Waals surface area contributed by atoms with Gasteiger partial charge in [0.15, 0.2) is 17.5 Å². The maximum Gasteiger partial charge on any atom is 0.195 e. The number of hydrogen-bond acceptors (Lipinski definition) is 0. The fourth-order valence-corrected chi connectivity index (χ4v) is 3.78. The van der Waals surface area contributed by atoms with Gasteiger partial charge in [-0.15, -0.1) is 6.58 Å². The van der Waals surface area contributed by atoms with Gasteiger partial charge in [0, 0.05) is 16.5 Å². The number of halogens is 4. The Kier molecular flexibility index (Phi) is 7.13. The minimum atomic E-state index is -1.48. The Morgan fingerprint density at radius 1 is 0.647 bits per heavy atom. The minimum absolute atomic E-state index is 0.0108. The maximum atomic E-state index is 14.4. The number of rotatable bonds is 6. The summed E-state index contributed by atoms with van der Waals surface area (Å²) in [6, 6.07) is 18.5. The first kappa shape index (κ1) is 23.3. The van der Waals surface area contributed by atoms with E-state index in [0.717, 1.165) is 35.6 Å². The van der Waals surface area contributed by atoms with E-state index in [0.29, 0.717) is 24.0 Å². The summed E-state index contributed by atoms with van der Waals surface area (Å²) in [6.45, 7) is 3.69. The van der Waals surface area contributed by atoms with Gasteiger partial charge in [-0.05, 0) is 84.2 Å². The van der Waals surface area contributed by atoms with Gasteiger partial charge in [0.2, 0.25) is 0 Å². The molecule has 0 aliphatic rings. The Hall–Kier alpha value is -3.84. The van der Waals surface area contributed by atoms with E-state index in [-0.39, 0.29) is 16.6 Å². The highest BCUT2D eigenvalue weighted by molar-refractivity contribution is 5.84. The number of allylic oxidation sites excluding steroid dienone is 1. The van der Waals surface area contributed by atoms with Gasteiger partial charge in [-0.25, -0.2) is 17.6 Å². The maximum absolute atomic E-state index is 14.4. The molecule has 170 valence electrons. The molecule has 4 rings (SSSR count). The van der Waals surface area contributed by atoms with Gasteiger partial charge >= 0.3 is 0 Å². The number of aryl methyl sites for hydroxylation is 3. The van der Waals surface area contributed by atoms with Crippen molar-refractivity contribution in [2.24, 2.45) is 0 Å². The Balaban J connectivity index is 1.42. The smallest absolute Gasteiger partial charge is 0.195 e. The zero-order valence-corrected chi connectivity index (χ0v) is 18.5. The first-order valence-electron chi connectivity index (χ1n) is 11.0. The van der Waals surface area contributed by atoms with Crippen LogP contribution in [0.3, 0.4) is 0 Å². The van der Waals surface area contributed by atoms with Crippen LogP contribution >= 0.6 is 0 Å². The lowest BCUT2D eigenvalue weighted by Crippen LogP contribution is -1.97. The van der Waals surface area contributed by atoms with E-state index in [4.69, 9.17) is 0 Å². The zero-order valence-electron chi connectivity index (χ0n) is 18.5. The second kappa shape index (κ2) is 10.4. The fourth-order valence-electron chi connectivity index (χ4n) is 3.78. The van der Waals surface area contributed by atoms with E-state index in [2.05, 4.69) is 18.4 Å². The van der Waals surface area contributed by atoms with E-state index < -0.39 is 17.5 Å². The molecule has 0 nitrogen and oxygen atoms in total. The van der Waals surface area contributed by atoms with Crippen LogP contribution in [0.2, 0.25) is 0 Å². The summed E-state index contributed by atoms with van der Waals surface area (Å²) < 4.78 is 55.1. The third kappa shape index (κ3) is 5.38. The highest BCUT2D eigenvalue weighted by Crippen LogP contribution is 2.24. The van der Waals surface area contributed by atoms with Gasteiger partial charge in [0.1, 0.15) is 5.82 Å². The van der Waals surface area contributed by atoms with E-state index in [9.17, 15) is 17.6 Å². The topological polar surface area (TPSA) is 0 Å². The van der Waals surface area contributed by atoms with Crippen molar-refractivity contribution in [2.75, 3.05) is 0 Å². The molecule has 0 aromatic heterocycles. The molecule has 0 aliphatic heterocycles. The average molecular weight is 458 g/mol. The molecule has 4 aromatic carbocycles. The summed E-state index contributed by atoms with van der Waals surface area (Å²) in [5.41, 5.74) is 4.07. The summed E-state index contributed by atoms with van der Waals surface area (Å²) in [5.74, 6) is 1.90. The lowest BCUT2D eigenvalue weighted by atomic mass is 10.0. The molecule has 0 saturated heterocycles. The Labute approximate surface area is 196 Å². The predicted molar refractivity (Wildman–Crippen MR) is 129 cm³/mol. The summed E-state index contributed by atoms with van der Waals surface area (Å²) in [5, 5.41) is 0.260. The van der Waals surface area contributed by atoms with Crippen LogP contribution in [-0.2, 0) is 19.3 Å². The van der Waals surface area contributed by atoms with Crippen LogP contribution in [0.25, 0.3) is 10.8 Å². The van der Waals surface area contributed by atoms with Crippen molar-refractivity contribution in [3.05, 3.63) is 130 Å². The lowest BCUT2D eigenvalue weighted by molar-refractivity contribution is 0.453. The lowest BCUT2D eigenvalue weighted by Gasteiger charge is -2.06. The van der Waals surface area contributed by atoms with Gasteiger partial charge in [0.05, 0.1) is 0 Å². The van der Waals surface area contributed by atoms with Gasteiger partial charge < -0.3 is 0 Å². The van der Waals surface area contributed by atoms with Crippen LogP contribution < -0.4 is 0 Å². The molecule has 0 spiro atoms. The second-order valence-electron chi connectivity index (χ2n) is 8.12. The normalized spacial score (nSPS) is 10.7. The molecule has 0 saturated carbocycles. The molecular weight excluding hydrogens is 436 g/mol. The van der Waals surface area contributed by atoms with E-state index in [1.807, 2.05) is 42.5 Å². The van der Waals surface area contributed by atoms with E-state index in [1.165, 1.54) is 12.1 Å². The van der Waals surface area contributed by atoms with E-state index >= 15 is 0 Å². The molecule has 0 heterocycles. The number of hydrogen-bond donors (Lipinski definition) is 0. The molecule has 4 aromatic rings. The molecule has 34 heavy (non-hydrogen) atoms. The number of benzene rings is 4. The SMILES string of the molecule is C=CCCc1ccc(CCc2ccc(C#Cc3ccc4c(F)c(F)c(F)cc4c3)cc2)c(F)c1. The summed E-state index contributed by atoms with van der Waals surface area (Å²) in [4.78, 5) is 0. The second-order valence-corrected chi connectivity index (χ2v) is 8.12. The molecule has 0 atom stereocenters. The molecule has 4 heteroatoms. The summed E-state index contributed by atoms with van der Waals surface area (Å²) in [6.07, 6.45) is 4.74. The van der Waals surface area contributed by atoms with Crippen molar-refractivity contribution in [1.29, 1.82) is 0 Å². The fraction of sp³-hybridized carbons (Fsp3) is 0.133. The van der Waals surface area contributed by atoms with Crippen molar-refractivity contribution in [3.8, 4) is 11.8 Å². The Morgan fingerprint density at radius 3 is 2.09 bits per heavy atom. The molecule has 0 unspecified atom stereocenters. The Morgan fingerprint density at radius 2 is 1.35 bits per heavy atom. The van der Waals surface area contributed by atoms with Crippen molar-refractivity contribution >= 4 is 10.8 Å².